The topological polar surface area (TPSA) is 95.6 Å². The van der Waals surface area contributed by atoms with E-state index in [1.807, 2.05) is 0 Å². The lowest BCUT2D eigenvalue weighted by atomic mass is 9.90. The molecule has 2 rings (SSSR count). The first-order valence-corrected chi connectivity index (χ1v) is 8.56. The van der Waals surface area contributed by atoms with Crippen LogP contribution >= 0.6 is 0 Å². The van der Waals surface area contributed by atoms with E-state index in [0.717, 1.165) is 17.9 Å². The van der Waals surface area contributed by atoms with Gasteiger partial charge >= 0.3 is 6.03 Å². The van der Waals surface area contributed by atoms with E-state index in [4.69, 9.17) is 0 Å². The van der Waals surface area contributed by atoms with Gasteiger partial charge in [-0.2, -0.15) is 0 Å². The molecule has 2 saturated heterocycles. The molecule has 0 bridgehead atoms. The van der Waals surface area contributed by atoms with Crippen molar-refractivity contribution in [1.82, 2.24) is 15.5 Å². The van der Waals surface area contributed by atoms with Gasteiger partial charge in [-0.15, -0.1) is 0 Å². The Morgan fingerprint density at radius 2 is 2.05 bits per heavy atom. The standard InChI is InChI=1S/C12H21N3O4S/c1-9(2)20(18,19)7-6-15-10(16)12(14-11(15)17)4-3-5-13-8-12/h9,13H,3-8H2,1-2H3,(H,14,17). The maximum atomic E-state index is 12.4. The van der Waals surface area contributed by atoms with Gasteiger partial charge in [-0.25, -0.2) is 13.2 Å². The third-order valence-corrected chi connectivity index (χ3v) is 6.14. The van der Waals surface area contributed by atoms with Crippen LogP contribution in [0.5, 0.6) is 0 Å². The van der Waals surface area contributed by atoms with Crippen LogP contribution < -0.4 is 10.6 Å². The molecule has 7 nitrogen and oxygen atoms in total. The fraction of sp³-hybridized carbons (Fsp3) is 0.833. The molecular weight excluding hydrogens is 282 g/mol. The van der Waals surface area contributed by atoms with Crippen molar-refractivity contribution in [3.8, 4) is 0 Å². The van der Waals surface area contributed by atoms with Crippen LogP contribution in [0.15, 0.2) is 0 Å². The van der Waals surface area contributed by atoms with E-state index in [1.165, 1.54) is 0 Å². The van der Waals surface area contributed by atoms with Crippen molar-refractivity contribution in [1.29, 1.82) is 0 Å². The maximum absolute atomic E-state index is 12.4. The van der Waals surface area contributed by atoms with Gasteiger partial charge in [-0.3, -0.25) is 9.69 Å². The van der Waals surface area contributed by atoms with Gasteiger partial charge in [0.2, 0.25) is 0 Å². The van der Waals surface area contributed by atoms with Crippen LogP contribution in [-0.4, -0.2) is 61.4 Å². The minimum Gasteiger partial charge on any atom is -0.322 e. The summed E-state index contributed by atoms with van der Waals surface area (Å²) in [6.45, 7) is 4.34. The highest BCUT2D eigenvalue weighted by Crippen LogP contribution is 2.25. The molecule has 1 atom stereocenters. The molecule has 20 heavy (non-hydrogen) atoms. The number of carbonyl (C=O) groups excluding carboxylic acids is 2. The maximum Gasteiger partial charge on any atom is 0.325 e. The first-order valence-electron chi connectivity index (χ1n) is 6.85. The number of amides is 3. The molecule has 0 aromatic heterocycles. The molecule has 8 heteroatoms. The number of hydrogen-bond donors (Lipinski definition) is 2. The van der Waals surface area contributed by atoms with Gasteiger partial charge in [-0.05, 0) is 33.2 Å². The van der Waals surface area contributed by atoms with Gasteiger partial charge < -0.3 is 10.6 Å². The van der Waals surface area contributed by atoms with Crippen molar-refractivity contribution in [3.63, 3.8) is 0 Å². The Balaban J connectivity index is 2.06. The van der Waals surface area contributed by atoms with Crippen LogP contribution in [0.1, 0.15) is 26.7 Å². The van der Waals surface area contributed by atoms with Crippen LogP contribution in [0.3, 0.4) is 0 Å². The number of carbonyl (C=O) groups is 2. The lowest BCUT2D eigenvalue weighted by Gasteiger charge is -2.31. The predicted molar refractivity (Wildman–Crippen MR) is 74.0 cm³/mol. The first kappa shape index (κ1) is 15.2. The summed E-state index contributed by atoms with van der Waals surface area (Å²) in [5.41, 5.74) is -0.878. The number of urea groups is 1. The summed E-state index contributed by atoms with van der Waals surface area (Å²) in [6, 6.07) is -0.488. The Kier molecular flexibility index (Phi) is 4.06. The zero-order valence-corrected chi connectivity index (χ0v) is 12.6. The van der Waals surface area contributed by atoms with Crippen molar-refractivity contribution < 1.29 is 18.0 Å². The fourth-order valence-corrected chi connectivity index (χ4v) is 3.44. The van der Waals surface area contributed by atoms with E-state index in [0.29, 0.717) is 13.0 Å². The van der Waals surface area contributed by atoms with Crippen LogP contribution in [0.25, 0.3) is 0 Å². The number of nitrogens with zero attached hydrogens (tertiary/aromatic N) is 1. The van der Waals surface area contributed by atoms with E-state index in [1.54, 1.807) is 13.8 Å². The predicted octanol–water partition coefficient (Wildman–Crippen LogP) is -0.516. The van der Waals surface area contributed by atoms with Gasteiger partial charge in [0, 0.05) is 13.1 Å². The van der Waals surface area contributed by atoms with E-state index < -0.39 is 26.7 Å². The number of nitrogens with one attached hydrogen (secondary N) is 2. The Morgan fingerprint density at radius 1 is 1.35 bits per heavy atom. The summed E-state index contributed by atoms with van der Waals surface area (Å²) in [7, 11) is -3.26. The monoisotopic (exact) mass is 303 g/mol. The van der Waals surface area contributed by atoms with Crippen molar-refractivity contribution in [3.05, 3.63) is 0 Å². The Labute approximate surface area is 119 Å². The van der Waals surface area contributed by atoms with Crippen LogP contribution in [-0.2, 0) is 14.6 Å². The fourth-order valence-electron chi connectivity index (χ4n) is 2.53. The third-order valence-electron chi connectivity index (χ3n) is 3.95. The van der Waals surface area contributed by atoms with Gasteiger partial charge in [0.25, 0.3) is 5.91 Å². The van der Waals surface area contributed by atoms with Crippen molar-refractivity contribution in [2.45, 2.75) is 37.5 Å². The highest BCUT2D eigenvalue weighted by molar-refractivity contribution is 7.92. The summed E-state index contributed by atoms with van der Waals surface area (Å²) in [6.07, 6.45) is 1.40. The van der Waals surface area contributed by atoms with Crippen molar-refractivity contribution >= 4 is 21.8 Å². The van der Waals surface area contributed by atoms with Gasteiger partial charge in [0.15, 0.2) is 9.84 Å². The molecule has 2 heterocycles. The molecule has 3 amide bonds. The zero-order chi connectivity index (χ0) is 15.0. The molecule has 2 fully saturated rings. The Morgan fingerprint density at radius 3 is 2.60 bits per heavy atom. The minimum atomic E-state index is -3.26. The van der Waals surface area contributed by atoms with Crippen LogP contribution in [0, 0.1) is 0 Å². The summed E-state index contributed by atoms with van der Waals surface area (Å²) >= 11 is 0. The molecule has 2 N–H and O–H groups in total. The SMILES string of the molecule is CC(C)S(=O)(=O)CCN1C(=O)NC2(CCCNC2)C1=O. The quantitative estimate of drug-likeness (QED) is 0.682. The summed E-state index contributed by atoms with van der Waals surface area (Å²) < 4.78 is 23.6. The van der Waals surface area contributed by atoms with Crippen molar-refractivity contribution in [2.75, 3.05) is 25.4 Å². The minimum absolute atomic E-state index is 0.0765. The van der Waals surface area contributed by atoms with E-state index in [2.05, 4.69) is 10.6 Å². The second-order valence-electron chi connectivity index (χ2n) is 5.67. The molecule has 2 aliphatic rings. The summed E-state index contributed by atoms with van der Waals surface area (Å²) in [5, 5.41) is 5.31. The highest BCUT2D eigenvalue weighted by Gasteiger charge is 2.51. The molecule has 0 radical (unpaired) electrons. The number of piperidine rings is 1. The molecule has 0 saturated carbocycles. The number of rotatable bonds is 4. The van der Waals surface area contributed by atoms with Crippen LogP contribution in [0.4, 0.5) is 4.79 Å². The molecule has 0 aromatic carbocycles. The Bertz CT molecular complexity index is 509. The first-order chi connectivity index (χ1) is 9.28. The van der Waals surface area contributed by atoms with Crippen LogP contribution in [0.2, 0.25) is 0 Å². The largest absolute Gasteiger partial charge is 0.325 e. The van der Waals surface area contributed by atoms with E-state index in [9.17, 15) is 18.0 Å². The molecule has 1 unspecified atom stereocenters. The summed E-state index contributed by atoms with van der Waals surface area (Å²) in [4.78, 5) is 25.3. The second-order valence-corrected chi connectivity index (χ2v) is 8.34. The lowest BCUT2D eigenvalue weighted by molar-refractivity contribution is -0.131. The third kappa shape index (κ3) is 2.67. The van der Waals surface area contributed by atoms with Gasteiger partial charge in [-0.1, -0.05) is 0 Å². The second kappa shape index (κ2) is 5.33. The number of hydrogen-bond acceptors (Lipinski definition) is 5. The molecular formula is C12H21N3O4S. The van der Waals surface area contributed by atoms with Gasteiger partial charge in [0.05, 0.1) is 11.0 Å². The molecule has 2 aliphatic heterocycles. The van der Waals surface area contributed by atoms with E-state index in [-0.39, 0.29) is 18.2 Å². The Hall–Kier alpha value is -1.15. The molecule has 0 aromatic rings. The number of sulfone groups is 1. The van der Waals surface area contributed by atoms with E-state index >= 15 is 0 Å². The summed E-state index contributed by atoms with van der Waals surface area (Å²) in [5.74, 6) is -0.499. The average Bonchev–Trinajstić information content (AvgIpc) is 2.60. The number of imide groups is 1. The molecule has 1 spiro atoms. The molecule has 114 valence electrons. The van der Waals surface area contributed by atoms with Crippen molar-refractivity contribution in [2.24, 2.45) is 0 Å². The normalized spacial score (nSPS) is 27.4. The lowest BCUT2D eigenvalue weighted by Crippen LogP contribution is -2.57. The molecule has 0 aliphatic carbocycles. The smallest absolute Gasteiger partial charge is 0.322 e. The zero-order valence-electron chi connectivity index (χ0n) is 11.8. The average molecular weight is 303 g/mol. The highest BCUT2D eigenvalue weighted by atomic mass is 32.2. The van der Waals surface area contributed by atoms with Gasteiger partial charge in [0.1, 0.15) is 5.54 Å².